The minimum atomic E-state index is 0. The van der Waals surface area contributed by atoms with Crippen LogP contribution in [0.1, 0.15) is 52.9 Å². The number of likely N-dealkylation sites (tertiary alicyclic amines) is 1. The number of nitrogens with zero attached hydrogens (tertiary/aromatic N) is 2. The van der Waals surface area contributed by atoms with Gasteiger partial charge in [-0.25, -0.2) is 0 Å². The minimum Gasteiger partial charge on any atom is -0.357 e. The van der Waals surface area contributed by atoms with E-state index in [-0.39, 0.29) is 24.0 Å². The molecule has 2 N–H and O–H groups in total. The van der Waals surface area contributed by atoms with Crippen molar-refractivity contribution in [2.45, 2.75) is 71.0 Å². The topological polar surface area (TPSA) is 39.7 Å². The largest absolute Gasteiger partial charge is 0.357 e. The summed E-state index contributed by atoms with van der Waals surface area (Å²) in [6.07, 6.45) is 6.74. The number of nitrogens with one attached hydrogen (secondary N) is 2. The predicted octanol–water partition coefficient (Wildman–Crippen LogP) is 2.58. The van der Waals surface area contributed by atoms with Crippen molar-refractivity contribution in [3.63, 3.8) is 0 Å². The molecule has 122 valence electrons. The average Bonchev–Trinajstić information content (AvgIpc) is 3.31. The van der Waals surface area contributed by atoms with Crippen LogP contribution < -0.4 is 10.6 Å². The van der Waals surface area contributed by atoms with Crippen molar-refractivity contribution < 1.29 is 0 Å². The van der Waals surface area contributed by atoms with Crippen molar-refractivity contribution in [2.75, 3.05) is 19.6 Å². The molecular formula is C16H31IN4. The molecule has 0 aromatic carbocycles. The molecule has 4 nitrogen and oxygen atoms in total. The van der Waals surface area contributed by atoms with Gasteiger partial charge in [0, 0.05) is 37.8 Å². The van der Waals surface area contributed by atoms with Crippen molar-refractivity contribution in [1.82, 2.24) is 15.5 Å². The Hall–Kier alpha value is -0.0400. The molecule has 2 atom stereocenters. The Morgan fingerprint density at radius 3 is 2.62 bits per heavy atom. The van der Waals surface area contributed by atoms with E-state index in [0.717, 1.165) is 31.1 Å². The van der Waals surface area contributed by atoms with Crippen molar-refractivity contribution in [3.8, 4) is 0 Å². The lowest BCUT2D eigenvalue weighted by Crippen LogP contribution is -2.45. The molecule has 5 heteroatoms. The summed E-state index contributed by atoms with van der Waals surface area (Å²) in [5.41, 5.74) is 0.491. The maximum absolute atomic E-state index is 4.80. The molecule has 2 aliphatic carbocycles. The number of rotatable bonds is 5. The van der Waals surface area contributed by atoms with Gasteiger partial charge in [-0.1, -0.05) is 6.92 Å². The lowest BCUT2D eigenvalue weighted by atomic mass is 10.1. The molecule has 2 saturated carbocycles. The number of hydrogen-bond acceptors (Lipinski definition) is 2. The van der Waals surface area contributed by atoms with E-state index in [4.69, 9.17) is 4.99 Å². The van der Waals surface area contributed by atoms with Gasteiger partial charge >= 0.3 is 0 Å². The fourth-order valence-electron chi connectivity index (χ4n) is 3.23. The summed E-state index contributed by atoms with van der Waals surface area (Å²) < 4.78 is 0. The van der Waals surface area contributed by atoms with E-state index >= 15 is 0 Å². The van der Waals surface area contributed by atoms with Crippen LogP contribution in [0.3, 0.4) is 0 Å². The Kier molecular flexibility index (Phi) is 5.79. The Morgan fingerprint density at radius 2 is 2.05 bits per heavy atom. The molecule has 3 rings (SSSR count). The highest BCUT2D eigenvalue weighted by molar-refractivity contribution is 14.0. The maximum atomic E-state index is 4.80. The van der Waals surface area contributed by atoms with E-state index in [1.54, 1.807) is 0 Å². The Morgan fingerprint density at radius 1 is 1.33 bits per heavy atom. The molecule has 0 radical (unpaired) electrons. The smallest absolute Gasteiger partial charge is 0.191 e. The third kappa shape index (κ3) is 4.71. The van der Waals surface area contributed by atoms with E-state index in [9.17, 15) is 0 Å². The van der Waals surface area contributed by atoms with E-state index in [1.165, 1.54) is 38.6 Å². The van der Waals surface area contributed by atoms with Gasteiger partial charge in [-0.05, 0) is 51.4 Å². The van der Waals surface area contributed by atoms with Crippen LogP contribution in [0.4, 0.5) is 0 Å². The van der Waals surface area contributed by atoms with E-state index < -0.39 is 0 Å². The summed E-state index contributed by atoms with van der Waals surface area (Å²) >= 11 is 0. The zero-order chi connectivity index (χ0) is 14.2. The Bertz CT molecular complexity index is 376. The van der Waals surface area contributed by atoms with Crippen LogP contribution in [0.25, 0.3) is 0 Å². The van der Waals surface area contributed by atoms with Crippen molar-refractivity contribution in [1.29, 1.82) is 0 Å². The first-order chi connectivity index (χ1) is 9.59. The molecule has 0 bridgehead atoms. The van der Waals surface area contributed by atoms with Crippen molar-refractivity contribution >= 4 is 29.9 Å². The van der Waals surface area contributed by atoms with Gasteiger partial charge in [0.05, 0.1) is 0 Å². The van der Waals surface area contributed by atoms with Gasteiger partial charge in [-0.15, -0.1) is 24.0 Å². The van der Waals surface area contributed by atoms with Gasteiger partial charge in [-0.3, -0.25) is 9.89 Å². The fraction of sp³-hybridized carbons (Fsp3) is 0.938. The molecule has 1 aliphatic heterocycles. The van der Waals surface area contributed by atoms with Crippen LogP contribution in [0.5, 0.6) is 0 Å². The van der Waals surface area contributed by atoms with Crippen LogP contribution in [0, 0.1) is 5.41 Å². The molecule has 3 fully saturated rings. The minimum absolute atomic E-state index is 0. The Balaban J connectivity index is 0.00000161. The molecule has 0 spiro atoms. The lowest BCUT2D eigenvalue weighted by Gasteiger charge is -2.20. The summed E-state index contributed by atoms with van der Waals surface area (Å²) in [7, 11) is 0. The third-order valence-electron chi connectivity index (χ3n) is 5.05. The molecule has 2 unspecified atom stereocenters. The van der Waals surface area contributed by atoms with Crippen LogP contribution in [-0.2, 0) is 0 Å². The molecule has 1 heterocycles. The summed E-state index contributed by atoms with van der Waals surface area (Å²) in [6.45, 7) is 9.95. The van der Waals surface area contributed by atoms with Crippen LogP contribution in [0.2, 0.25) is 0 Å². The van der Waals surface area contributed by atoms with Crippen molar-refractivity contribution in [3.05, 3.63) is 0 Å². The Labute approximate surface area is 146 Å². The molecule has 21 heavy (non-hydrogen) atoms. The highest BCUT2D eigenvalue weighted by atomic mass is 127. The maximum Gasteiger partial charge on any atom is 0.191 e. The molecule has 0 amide bonds. The highest BCUT2D eigenvalue weighted by Gasteiger charge is 2.39. The monoisotopic (exact) mass is 406 g/mol. The zero-order valence-electron chi connectivity index (χ0n) is 13.7. The second kappa shape index (κ2) is 7.02. The lowest BCUT2D eigenvalue weighted by molar-refractivity contribution is 0.256. The van der Waals surface area contributed by atoms with Gasteiger partial charge in [0.2, 0.25) is 0 Å². The van der Waals surface area contributed by atoms with Gasteiger partial charge in [0.15, 0.2) is 5.96 Å². The fourth-order valence-corrected chi connectivity index (χ4v) is 3.23. The van der Waals surface area contributed by atoms with Gasteiger partial charge in [0.1, 0.15) is 0 Å². The summed E-state index contributed by atoms with van der Waals surface area (Å²) in [5, 5.41) is 7.06. The van der Waals surface area contributed by atoms with Crippen LogP contribution in [-0.4, -0.2) is 48.6 Å². The number of guanidine groups is 1. The standard InChI is InChI=1S/C16H30N4.HI/c1-4-17-15(18-11-16(3)7-8-16)19-13-9-12(2)20(10-13)14-5-6-14;/h12-14H,4-11H2,1-3H3,(H2,17,18,19);1H. The highest BCUT2D eigenvalue weighted by Crippen LogP contribution is 2.45. The quantitative estimate of drug-likeness (QED) is 0.419. The SMILES string of the molecule is CCNC(=NCC1(C)CC1)NC1CC(C)N(C2CC2)C1.I. The summed E-state index contributed by atoms with van der Waals surface area (Å²) in [5.74, 6) is 1.02. The van der Waals surface area contributed by atoms with Gasteiger partial charge in [0.25, 0.3) is 0 Å². The summed E-state index contributed by atoms with van der Waals surface area (Å²) in [4.78, 5) is 7.48. The summed E-state index contributed by atoms with van der Waals surface area (Å²) in [6, 6.07) is 2.17. The third-order valence-corrected chi connectivity index (χ3v) is 5.05. The molecule has 0 aromatic heterocycles. The second-order valence-corrected chi connectivity index (χ2v) is 7.36. The van der Waals surface area contributed by atoms with Gasteiger partial charge < -0.3 is 10.6 Å². The zero-order valence-corrected chi connectivity index (χ0v) is 16.0. The average molecular weight is 406 g/mol. The number of hydrogen-bond donors (Lipinski definition) is 2. The van der Waals surface area contributed by atoms with Gasteiger partial charge in [-0.2, -0.15) is 0 Å². The normalized spacial score (nSPS) is 31.7. The van der Waals surface area contributed by atoms with E-state index in [0.29, 0.717) is 11.5 Å². The molecular weight excluding hydrogens is 375 g/mol. The first kappa shape index (κ1) is 17.3. The number of halogens is 1. The molecule has 1 saturated heterocycles. The number of aliphatic imine (C=N–C) groups is 1. The van der Waals surface area contributed by atoms with Crippen LogP contribution >= 0.6 is 24.0 Å². The first-order valence-electron chi connectivity index (χ1n) is 8.40. The predicted molar refractivity (Wildman–Crippen MR) is 99.5 cm³/mol. The van der Waals surface area contributed by atoms with Crippen LogP contribution in [0.15, 0.2) is 4.99 Å². The second-order valence-electron chi connectivity index (χ2n) is 7.36. The van der Waals surface area contributed by atoms with E-state index in [1.807, 2.05) is 0 Å². The first-order valence-corrected chi connectivity index (χ1v) is 8.40. The van der Waals surface area contributed by atoms with Crippen molar-refractivity contribution in [2.24, 2.45) is 10.4 Å². The van der Waals surface area contributed by atoms with E-state index in [2.05, 4.69) is 36.3 Å². The molecule has 3 aliphatic rings. The molecule has 0 aromatic rings.